The van der Waals surface area contributed by atoms with E-state index in [1.165, 1.54) is 36.4 Å². The van der Waals surface area contributed by atoms with Gasteiger partial charge in [-0.2, -0.15) is 5.26 Å². The number of phenolic OH excluding ortho intramolecular Hbond substituents is 2. The van der Waals surface area contributed by atoms with E-state index < -0.39 is 11.9 Å². The summed E-state index contributed by atoms with van der Waals surface area (Å²) in [6.07, 6.45) is 1.30. The summed E-state index contributed by atoms with van der Waals surface area (Å²) in [6.45, 7) is 1.71. The van der Waals surface area contributed by atoms with Crippen LogP contribution in [0.2, 0.25) is 0 Å². The van der Waals surface area contributed by atoms with Crippen LogP contribution in [-0.2, 0) is 4.79 Å². The van der Waals surface area contributed by atoms with Gasteiger partial charge in [-0.25, -0.2) is 4.39 Å². The Morgan fingerprint density at radius 3 is 2.46 bits per heavy atom. The van der Waals surface area contributed by atoms with Crippen molar-refractivity contribution in [3.05, 3.63) is 65.0 Å². The molecule has 122 valence electrons. The number of nitriles is 1. The Morgan fingerprint density at radius 1 is 1.21 bits per heavy atom. The summed E-state index contributed by atoms with van der Waals surface area (Å²) in [6, 6.07) is 11.0. The molecule has 0 saturated carbocycles. The summed E-state index contributed by atoms with van der Waals surface area (Å²) in [4.78, 5) is 12.2. The number of carbonyl (C=O) groups excluding carboxylic acids is 1. The lowest BCUT2D eigenvalue weighted by molar-refractivity contribution is -0.117. The van der Waals surface area contributed by atoms with Gasteiger partial charge in [0, 0.05) is 0 Å². The molecule has 0 heterocycles. The van der Waals surface area contributed by atoms with Crippen LogP contribution in [0.3, 0.4) is 0 Å². The number of halogens is 1. The van der Waals surface area contributed by atoms with Gasteiger partial charge in [-0.15, -0.1) is 0 Å². The number of benzene rings is 2. The maximum Gasteiger partial charge on any atom is 0.262 e. The topological polar surface area (TPSA) is 93.4 Å². The van der Waals surface area contributed by atoms with Crippen LogP contribution in [0.15, 0.2) is 48.0 Å². The van der Waals surface area contributed by atoms with Gasteiger partial charge in [0.1, 0.15) is 17.5 Å². The molecule has 6 heteroatoms. The molecule has 2 aromatic rings. The molecule has 0 bridgehead atoms. The maximum atomic E-state index is 12.9. The van der Waals surface area contributed by atoms with E-state index in [1.807, 2.05) is 0 Å². The zero-order valence-corrected chi connectivity index (χ0v) is 12.8. The van der Waals surface area contributed by atoms with Crippen molar-refractivity contribution < 1.29 is 19.4 Å². The van der Waals surface area contributed by atoms with E-state index in [0.29, 0.717) is 11.1 Å². The third-order valence-corrected chi connectivity index (χ3v) is 3.39. The molecule has 0 aliphatic carbocycles. The molecule has 0 spiro atoms. The molecule has 0 aromatic heterocycles. The Balaban J connectivity index is 2.16. The number of amides is 1. The van der Waals surface area contributed by atoms with Crippen LogP contribution in [0.5, 0.6) is 11.5 Å². The second-order valence-electron chi connectivity index (χ2n) is 5.16. The van der Waals surface area contributed by atoms with Crippen molar-refractivity contribution in [2.75, 3.05) is 0 Å². The van der Waals surface area contributed by atoms with Gasteiger partial charge < -0.3 is 15.5 Å². The average molecular weight is 326 g/mol. The first-order valence-electron chi connectivity index (χ1n) is 7.11. The summed E-state index contributed by atoms with van der Waals surface area (Å²) >= 11 is 0. The third-order valence-electron chi connectivity index (χ3n) is 3.39. The molecule has 3 N–H and O–H groups in total. The van der Waals surface area contributed by atoms with E-state index in [1.54, 1.807) is 25.1 Å². The lowest BCUT2D eigenvalue weighted by Gasteiger charge is -2.14. The molecule has 0 aliphatic rings. The zero-order valence-electron chi connectivity index (χ0n) is 12.8. The lowest BCUT2D eigenvalue weighted by Crippen LogP contribution is -2.27. The second-order valence-corrected chi connectivity index (χ2v) is 5.16. The molecule has 2 aromatic carbocycles. The van der Waals surface area contributed by atoms with Crippen molar-refractivity contribution >= 4 is 12.0 Å². The quantitative estimate of drug-likeness (QED) is 0.457. The number of nitrogens with one attached hydrogen (secondary N) is 1. The van der Waals surface area contributed by atoms with E-state index >= 15 is 0 Å². The molecule has 0 fully saturated rings. The van der Waals surface area contributed by atoms with E-state index in [0.717, 1.165) is 0 Å². The van der Waals surface area contributed by atoms with Gasteiger partial charge in [0.2, 0.25) is 0 Å². The molecule has 0 saturated heterocycles. The van der Waals surface area contributed by atoms with Crippen LogP contribution < -0.4 is 5.32 Å². The minimum absolute atomic E-state index is 0.158. The van der Waals surface area contributed by atoms with Crippen molar-refractivity contribution in [2.45, 2.75) is 13.0 Å². The first-order chi connectivity index (χ1) is 11.4. The van der Waals surface area contributed by atoms with Crippen molar-refractivity contribution in [2.24, 2.45) is 0 Å². The van der Waals surface area contributed by atoms with Crippen molar-refractivity contribution in [1.29, 1.82) is 5.26 Å². The molecule has 5 nitrogen and oxygen atoms in total. The zero-order chi connectivity index (χ0) is 17.7. The van der Waals surface area contributed by atoms with Gasteiger partial charge >= 0.3 is 0 Å². The molecule has 2 rings (SSSR count). The minimum atomic E-state index is -0.595. The molecule has 24 heavy (non-hydrogen) atoms. The number of nitrogens with zero attached hydrogens (tertiary/aromatic N) is 1. The molecule has 0 radical (unpaired) electrons. The van der Waals surface area contributed by atoms with Crippen molar-refractivity contribution in [3.8, 4) is 17.6 Å². The van der Waals surface area contributed by atoms with Gasteiger partial charge in [-0.1, -0.05) is 18.2 Å². The number of carbonyl (C=O) groups is 1. The van der Waals surface area contributed by atoms with Gasteiger partial charge in [-0.05, 0) is 48.4 Å². The fourth-order valence-electron chi connectivity index (χ4n) is 2.05. The highest BCUT2D eigenvalue weighted by Crippen LogP contribution is 2.26. The molecular weight excluding hydrogens is 311 g/mol. The average Bonchev–Trinajstić information content (AvgIpc) is 2.56. The van der Waals surface area contributed by atoms with Crippen molar-refractivity contribution in [3.63, 3.8) is 0 Å². The fourth-order valence-corrected chi connectivity index (χ4v) is 2.05. The second kappa shape index (κ2) is 7.29. The normalized spacial score (nSPS) is 12.3. The van der Waals surface area contributed by atoms with Crippen LogP contribution >= 0.6 is 0 Å². The van der Waals surface area contributed by atoms with Crippen LogP contribution in [0.25, 0.3) is 6.08 Å². The third kappa shape index (κ3) is 4.11. The number of hydrogen-bond acceptors (Lipinski definition) is 4. The lowest BCUT2D eigenvalue weighted by atomic mass is 10.1. The van der Waals surface area contributed by atoms with Gasteiger partial charge in [0.15, 0.2) is 11.5 Å². The molecular formula is C18H15FN2O3. The minimum Gasteiger partial charge on any atom is -0.504 e. The summed E-state index contributed by atoms with van der Waals surface area (Å²) in [5.41, 5.74) is 0.935. The number of aromatic hydroxyl groups is 2. The van der Waals surface area contributed by atoms with Gasteiger partial charge in [0.25, 0.3) is 5.91 Å². The number of rotatable bonds is 4. The fraction of sp³-hybridized carbons (Fsp3) is 0.111. The summed E-state index contributed by atoms with van der Waals surface area (Å²) in [5.74, 6) is -1.61. The van der Waals surface area contributed by atoms with Crippen LogP contribution in [0.4, 0.5) is 4.39 Å². The van der Waals surface area contributed by atoms with E-state index in [2.05, 4.69) is 5.32 Å². The first kappa shape index (κ1) is 17.0. The highest BCUT2D eigenvalue weighted by atomic mass is 19.1. The molecule has 1 atom stereocenters. The summed E-state index contributed by atoms with van der Waals surface area (Å²) < 4.78 is 12.9. The monoisotopic (exact) mass is 326 g/mol. The number of hydrogen-bond donors (Lipinski definition) is 3. The Hall–Kier alpha value is -3.33. The largest absolute Gasteiger partial charge is 0.504 e. The Morgan fingerprint density at radius 2 is 1.88 bits per heavy atom. The number of phenols is 2. The van der Waals surface area contributed by atoms with Crippen LogP contribution in [0, 0.1) is 17.1 Å². The first-order valence-corrected chi connectivity index (χ1v) is 7.11. The van der Waals surface area contributed by atoms with Gasteiger partial charge in [-0.3, -0.25) is 4.79 Å². The predicted octanol–water partition coefficient (Wildman–Crippen LogP) is 3.02. The Labute approximate surface area is 138 Å². The van der Waals surface area contributed by atoms with E-state index in [4.69, 9.17) is 5.26 Å². The maximum absolute atomic E-state index is 12.9. The van der Waals surface area contributed by atoms with E-state index in [9.17, 15) is 19.4 Å². The van der Waals surface area contributed by atoms with Crippen LogP contribution in [-0.4, -0.2) is 16.1 Å². The summed E-state index contributed by atoms with van der Waals surface area (Å²) in [5, 5.41) is 30.5. The molecule has 1 amide bonds. The standard InChI is InChI=1S/C18H15FN2O3/c1-11(13-3-5-15(19)6-4-13)21-18(24)14(10-20)8-12-2-7-16(22)17(23)9-12/h2-9,11,22-23H,1H3,(H,21,24)/b14-8+. The smallest absolute Gasteiger partial charge is 0.262 e. The van der Waals surface area contributed by atoms with Gasteiger partial charge in [0.05, 0.1) is 6.04 Å². The molecule has 1 unspecified atom stereocenters. The summed E-state index contributed by atoms with van der Waals surface area (Å²) in [7, 11) is 0. The van der Waals surface area contributed by atoms with Crippen molar-refractivity contribution in [1.82, 2.24) is 5.32 Å². The highest BCUT2D eigenvalue weighted by Gasteiger charge is 2.14. The highest BCUT2D eigenvalue weighted by molar-refractivity contribution is 6.01. The Kier molecular flexibility index (Phi) is 5.17. The SMILES string of the molecule is CC(NC(=O)/C(C#N)=C/c1ccc(O)c(O)c1)c1ccc(F)cc1. The predicted molar refractivity (Wildman–Crippen MR) is 86.3 cm³/mol. The molecule has 0 aliphatic heterocycles. The van der Waals surface area contributed by atoms with E-state index in [-0.39, 0.29) is 22.9 Å². The van der Waals surface area contributed by atoms with Crippen LogP contribution in [0.1, 0.15) is 24.1 Å². The Bertz CT molecular complexity index is 823.